The third-order valence-corrected chi connectivity index (χ3v) is 3.67. The van der Waals surface area contributed by atoms with Crippen LogP contribution >= 0.6 is 15.9 Å². The lowest BCUT2D eigenvalue weighted by molar-refractivity contribution is 0.102. The molecule has 3 aromatic rings. The molecule has 2 heterocycles. The minimum atomic E-state index is -0.315. The fourth-order valence-corrected chi connectivity index (χ4v) is 2.56. The van der Waals surface area contributed by atoms with Crippen LogP contribution in [0.5, 0.6) is 0 Å². The molecule has 3 N–H and O–H groups in total. The number of anilines is 2. The van der Waals surface area contributed by atoms with Gasteiger partial charge in [-0.05, 0) is 28.1 Å². The van der Waals surface area contributed by atoms with Gasteiger partial charge >= 0.3 is 0 Å². The highest BCUT2D eigenvalue weighted by molar-refractivity contribution is 9.10. The number of amides is 1. The van der Waals surface area contributed by atoms with Crippen LogP contribution in [0.4, 0.5) is 11.5 Å². The van der Waals surface area contributed by atoms with Gasteiger partial charge in [0.1, 0.15) is 5.82 Å². The van der Waals surface area contributed by atoms with Gasteiger partial charge in [0, 0.05) is 12.4 Å². The topological polar surface area (TPSA) is 85.8 Å². The summed E-state index contributed by atoms with van der Waals surface area (Å²) in [7, 11) is 1.80. The number of halogens is 1. The van der Waals surface area contributed by atoms with Crippen molar-refractivity contribution in [2.45, 2.75) is 0 Å². The Labute approximate surface area is 129 Å². The van der Waals surface area contributed by atoms with E-state index in [4.69, 9.17) is 5.73 Å². The second kappa shape index (κ2) is 5.17. The van der Waals surface area contributed by atoms with Crippen LogP contribution in [-0.2, 0) is 7.05 Å². The molecule has 1 amide bonds. The lowest BCUT2D eigenvalue weighted by Crippen LogP contribution is -2.15. The average Bonchev–Trinajstić information content (AvgIpc) is 2.80. The zero-order chi connectivity index (χ0) is 15.0. The molecule has 0 saturated heterocycles. The molecular weight excluding hydrogens is 334 g/mol. The van der Waals surface area contributed by atoms with Crippen molar-refractivity contribution in [2.24, 2.45) is 7.05 Å². The fourth-order valence-electron chi connectivity index (χ4n) is 2.09. The van der Waals surface area contributed by atoms with Gasteiger partial charge in [-0.3, -0.25) is 9.48 Å². The number of carbonyl (C=O) groups excluding carboxylic acids is 1. The van der Waals surface area contributed by atoms with Crippen molar-refractivity contribution in [3.05, 3.63) is 46.7 Å². The van der Waals surface area contributed by atoms with Crippen LogP contribution in [0.25, 0.3) is 10.9 Å². The summed E-state index contributed by atoms with van der Waals surface area (Å²) in [5.74, 6) is 0.0914. The van der Waals surface area contributed by atoms with Crippen molar-refractivity contribution < 1.29 is 4.79 Å². The molecular formula is C14H12BrN5O. The summed E-state index contributed by atoms with van der Waals surface area (Å²) in [6.45, 7) is 0. The number of hydrogen-bond donors (Lipinski definition) is 2. The van der Waals surface area contributed by atoms with E-state index in [-0.39, 0.29) is 5.91 Å². The van der Waals surface area contributed by atoms with Gasteiger partial charge in [-0.15, -0.1) is 0 Å². The predicted octanol–water partition coefficient (Wildman–Crippen LogP) is 2.57. The van der Waals surface area contributed by atoms with Gasteiger partial charge < -0.3 is 11.1 Å². The van der Waals surface area contributed by atoms with Gasteiger partial charge in [-0.1, -0.05) is 18.2 Å². The number of nitrogens with two attached hydrogens (primary N) is 1. The van der Waals surface area contributed by atoms with E-state index >= 15 is 0 Å². The number of nitrogens with one attached hydrogen (secondary N) is 1. The minimum Gasteiger partial charge on any atom is -0.397 e. The van der Waals surface area contributed by atoms with E-state index < -0.39 is 0 Å². The summed E-state index contributed by atoms with van der Waals surface area (Å²) < 4.78 is 2.30. The van der Waals surface area contributed by atoms with Crippen LogP contribution in [0.3, 0.4) is 0 Å². The van der Waals surface area contributed by atoms with Gasteiger partial charge in [-0.25, -0.2) is 4.98 Å². The molecule has 2 aromatic heterocycles. The normalized spacial score (nSPS) is 10.8. The third kappa shape index (κ3) is 2.47. The number of hydrogen-bond acceptors (Lipinski definition) is 4. The van der Waals surface area contributed by atoms with Crippen molar-refractivity contribution in [3.63, 3.8) is 0 Å². The summed E-state index contributed by atoms with van der Waals surface area (Å²) in [6, 6.07) is 9.24. The number of para-hydroxylation sites is 1. The molecule has 7 heteroatoms. The first-order valence-electron chi connectivity index (χ1n) is 6.20. The fraction of sp³-hybridized carbons (Fsp3) is 0.0714. The third-order valence-electron chi connectivity index (χ3n) is 3.07. The molecule has 0 aliphatic rings. The maximum atomic E-state index is 12.4. The highest BCUT2D eigenvalue weighted by Gasteiger charge is 2.17. The standard InChI is InChI=1S/C14H12BrN5O/c1-20-11-5-3-2-4-9(11)12(19-20)14(21)18-13-10(15)6-8(16)7-17-13/h2-7H,16H2,1H3,(H,17,18,21). The molecule has 0 unspecified atom stereocenters. The number of fused-ring (bicyclic) bond motifs is 1. The zero-order valence-electron chi connectivity index (χ0n) is 11.2. The SMILES string of the molecule is Cn1nc(C(=O)Nc2ncc(N)cc2Br)c2ccccc21. The van der Waals surface area contributed by atoms with Gasteiger partial charge in [0.2, 0.25) is 0 Å². The quantitative estimate of drug-likeness (QED) is 0.747. The van der Waals surface area contributed by atoms with Gasteiger partial charge in [-0.2, -0.15) is 5.10 Å². The molecule has 0 bridgehead atoms. The Morgan fingerprint density at radius 2 is 2.14 bits per heavy atom. The number of rotatable bonds is 2. The van der Waals surface area contributed by atoms with E-state index in [1.165, 1.54) is 6.20 Å². The number of carbonyl (C=O) groups is 1. The van der Waals surface area contributed by atoms with E-state index in [0.717, 1.165) is 10.9 Å². The van der Waals surface area contributed by atoms with Crippen molar-refractivity contribution in [1.29, 1.82) is 0 Å². The van der Waals surface area contributed by atoms with Crippen LogP contribution in [0, 0.1) is 0 Å². The van der Waals surface area contributed by atoms with Crippen LogP contribution in [0.15, 0.2) is 41.0 Å². The van der Waals surface area contributed by atoms with E-state index in [1.807, 2.05) is 24.3 Å². The zero-order valence-corrected chi connectivity index (χ0v) is 12.8. The molecule has 0 radical (unpaired) electrons. The number of nitrogen functional groups attached to an aromatic ring is 1. The van der Waals surface area contributed by atoms with Crippen molar-refractivity contribution in [1.82, 2.24) is 14.8 Å². The first kappa shape index (κ1) is 13.6. The Morgan fingerprint density at radius 3 is 2.90 bits per heavy atom. The molecule has 0 spiro atoms. The van der Waals surface area contributed by atoms with E-state index in [0.29, 0.717) is 21.7 Å². The molecule has 1 aromatic carbocycles. The smallest absolute Gasteiger partial charge is 0.277 e. The monoisotopic (exact) mass is 345 g/mol. The molecule has 0 atom stereocenters. The van der Waals surface area contributed by atoms with Gasteiger partial charge in [0.15, 0.2) is 5.69 Å². The number of aromatic nitrogens is 3. The molecule has 0 fully saturated rings. The average molecular weight is 346 g/mol. The van der Waals surface area contributed by atoms with E-state index in [9.17, 15) is 4.79 Å². The van der Waals surface area contributed by atoms with Crippen molar-refractivity contribution >= 4 is 44.2 Å². The van der Waals surface area contributed by atoms with Gasteiger partial charge in [0.05, 0.1) is 21.9 Å². The molecule has 0 aliphatic heterocycles. The Morgan fingerprint density at radius 1 is 1.38 bits per heavy atom. The Bertz CT molecular complexity index is 842. The summed E-state index contributed by atoms with van der Waals surface area (Å²) in [5, 5.41) is 7.80. The molecule has 106 valence electrons. The molecule has 0 aliphatic carbocycles. The number of aryl methyl sites for hydroxylation is 1. The van der Waals surface area contributed by atoms with Gasteiger partial charge in [0.25, 0.3) is 5.91 Å². The van der Waals surface area contributed by atoms with Crippen LogP contribution in [0.1, 0.15) is 10.5 Å². The second-order valence-electron chi connectivity index (χ2n) is 4.54. The van der Waals surface area contributed by atoms with Crippen LogP contribution < -0.4 is 11.1 Å². The number of benzene rings is 1. The van der Waals surface area contributed by atoms with Crippen molar-refractivity contribution in [3.8, 4) is 0 Å². The maximum absolute atomic E-state index is 12.4. The summed E-state index contributed by atoms with van der Waals surface area (Å²) >= 11 is 3.32. The Balaban J connectivity index is 1.98. The highest BCUT2D eigenvalue weighted by Crippen LogP contribution is 2.23. The predicted molar refractivity (Wildman–Crippen MR) is 85.0 cm³/mol. The summed E-state index contributed by atoms with van der Waals surface area (Å²) in [4.78, 5) is 16.5. The van der Waals surface area contributed by atoms with E-state index in [2.05, 4.69) is 31.3 Å². The van der Waals surface area contributed by atoms with Crippen LogP contribution in [-0.4, -0.2) is 20.7 Å². The summed E-state index contributed by atoms with van der Waals surface area (Å²) in [5.41, 5.74) is 7.40. The van der Waals surface area contributed by atoms with Crippen LogP contribution in [0.2, 0.25) is 0 Å². The molecule has 3 rings (SSSR count). The van der Waals surface area contributed by atoms with Crippen molar-refractivity contribution in [2.75, 3.05) is 11.1 Å². The number of nitrogens with zero attached hydrogens (tertiary/aromatic N) is 3. The largest absolute Gasteiger partial charge is 0.397 e. The maximum Gasteiger partial charge on any atom is 0.277 e. The lowest BCUT2D eigenvalue weighted by Gasteiger charge is -2.05. The highest BCUT2D eigenvalue weighted by atomic mass is 79.9. The first-order valence-corrected chi connectivity index (χ1v) is 6.99. The minimum absolute atomic E-state index is 0.315. The number of pyridine rings is 1. The Hall–Kier alpha value is -2.41. The molecule has 0 saturated carbocycles. The molecule has 6 nitrogen and oxygen atoms in total. The Kier molecular flexibility index (Phi) is 3.34. The summed E-state index contributed by atoms with van der Waals surface area (Å²) in [6.07, 6.45) is 1.48. The lowest BCUT2D eigenvalue weighted by atomic mass is 10.2. The second-order valence-corrected chi connectivity index (χ2v) is 5.40. The van der Waals surface area contributed by atoms with E-state index in [1.54, 1.807) is 17.8 Å². The molecule has 21 heavy (non-hydrogen) atoms. The first-order chi connectivity index (χ1) is 10.1.